The maximum atomic E-state index is 14.0. The van der Waals surface area contributed by atoms with Gasteiger partial charge in [-0.15, -0.1) is 0 Å². The topological polar surface area (TPSA) is 69.7 Å². The molecule has 0 bridgehead atoms. The molecule has 0 saturated carbocycles. The van der Waals surface area contributed by atoms with Crippen LogP contribution in [-0.4, -0.2) is 10.9 Å². The monoisotopic (exact) mass is 492 g/mol. The maximum absolute atomic E-state index is 14.0. The number of carbonyl (C=O) groups excluding carboxylic acids is 1. The summed E-state index contributed by atoms with van der Waals surface area (Å²) >= 11 is 0. The van der Waals surface area contributed by atoms with Crippen molar-refractivity contribution in [3.8, 4) is 23.0 Å². The lowest BCUT2D eigenvalue weighted by Crippen LogP contribution is -2.13. The zero-order valence-electron chi connectivity index (χ0n) is 19.6. The highest BCUT2D eigenvalue weighted by atomic mass is 19.1. The zero-order chi connectivity index (χ0) is 25.8. The van der Waals surface area contributed by atoms with Crippen LogP contribution in [0.15, 0.2) is 111 Å². The van der Waals surface area contributed by atoms with Crippen molar-refractivity contribution in [1.29, 1.82) is 0 Å². The molecule has 0 unspecified atom stereocenters. The highest BCUT2D eigenvalue weighted by molar-refractivity contribution is 6.13. The molecule has 4 aromatic carbocycles. The first-order chi connectivity index (χ1) is 18.1. The molecule has 0 aliphatic carbocycles. The van der Waals surface area contributed by atoms with E-state index in [-0.39, 0.29) is 5.69 Å². The minimum Gasteiger partial charge on any atom is -0.462 e. The lowest BCUT2D eigenvalue weighted by molar-refractivity contribution is 0.102. The van der Waals surface area contributed by atoms with E-state index >= 15 is 0 Å². The van der Waals surface area contributed by atoms with Gasteiger partial charge in [-0.2, -0.15) is 0 Å². The minimum atomic E-state index is -0.499. The molecule has 5 aromatic rings. The van der Waals surface area contributed by atoms with E-state index in [2.05, 4.69) is 23.5 Å². The molecule has 1 aromatic heterocycles. The van der Waals surface area contributed by atoms with Crippen LogP contribution in [0.2, 0.25) is 0 Å². The van der Waals surface area contributed by atoms with E-state index in [1.54, 1.807) is 60.8 Å². The average Bonchev–Trinajstić information content (AvgIpc) is 2.90. The number of nitrogens with one attached hydrogen (secondary N) is 1. The summed E-state index contributed by atoms with van der Waals surface area (Å²) in [6.07, 6.45) is 4.24. The molecule has 37 heavy (non-hydrogen) atoms. The summed E-state index contributed by atoms with van der Waals surface area (Å²) in [5.74, 6) is 1.09. The van der Waals surface area contributed by atoms with E-state index < -0.39 is 11.7 Å². The highest BCUT2D eigenvalue weighted by Crippen LogP contribution is 2.38. The minimum absolute atomic E-state index is 0.121. The van der Waals surface area contributed by atoms with Crippen LogP contribution in [-0.2, 0) is 0 Å². The number of hydrogen-bond acceptors (Lipinski definition) is 5. The first-order valence-corrected chi connectivity index (χ1v) is 11.3. The number of rotatable bonds is 8. The molecule has 182 valence electrons. The number of ether oxygens (including phenoxy) is 3. The van der Waals surface area contributed by atoms with Crippen LogP contribution < -0.4 is 19.5 Å². The highest BCUT2D eigenvalue weighted by Gasteiger charge is 2.15. The molecular weight excluding hydrogens is 471 g/mol. The van der Waals surface area contributed by atoms with E-state index in [9.17, 15) is 9.18 Å². The number of pyridine rings is 1. The van der Waals surface area contributed by atoms with Crippen LogP contribution in [0, 0.1) is 5.82 Å². The van der Waals surface area contributed by atoms with Gasteiger partial charge in [-0.3, -0.25) is 9.78 Å². The van der Waals surface area contributed by atoms with Crippen molar-refractivity contribution in [1.82, 2.24) is 4.98 Å². The second kappa shape index (κ2) is 10.2. The first kappa shape index (κ1) is 23.6. The van der Waals surface area contributed by atoms with Crippen LogP contribution in [0.1, 0.15) is 10.4 Å². The van der Waals surface area contributed by atoms with E-state index in [1.165, 1.54) is 24.7 Å². The Bertz CT molecular complexity index is 1670. The molecule has 0 radical (unpaired) electrons. The Kier molecular flexibility index (Phi) is 6.50. The van der Waals surface area contributed by atoms with Crippen LogP contribution >= 0.6 is 0 Å². The average molecular weight is 493 g/mol. The summed E-state index contributed by atoms with van der Waals surface area (Å²) in [6, 6.07) is 22.0. The van der Waals surface area contributed by atoms with Gasteiger partial charge in [0, 0.05) is 23.2 Å². The Morgan fingerprint density at radius 2 is 1.62 bits per heavy atom. The number of amides is 1. The summed E-state index contributed by atoms with van der Waals surface area (Å²) in [5, 5.41) is 4.83. The Hall–Kier alpha value is -5.17. The van der Waals surface area contributed by atoms with Crippen LogP contribution in [0.5, 0.6) is 23.0 Å². The van der Waals surface area contributed by atoms with Crippen molar-refractivity contribution in [2.45, 2.75) is 0 Å². The summed E-state index contributed by atoms with van der Waals surface area (Å²) < 4.78 is 31.2. The quantitative estimate of drug-likeness (QED) is 0.226. The number of fused-ring (bicyclic) bond motifs is 2. The number of benzene rings is 4. The molecule has 5 rings (SSSR count). The van der Waals surface area contributed by atoms with Gasteiger partial charge < -0.3 is 19.5 Å². The largest absolute Gasteiger partial charge is 0.462 e. The smallest absolute Gasteiger partial charge is 0.256 e. The fourth-order valence-electron chi connectivity index (χ4n) is 3.98. The summed E-state index contributed by atoms with van der Waals surface area (Å²) in [5.41, 5.74) is 1.18. The Balaban J connectivity index is 1.48. The lowest BCUT2D eigenvalue weighted by Gasteiger charge is -2.13. The second-order valence-electron chi connectivity index (χ2n) is 7.92. The van der Waals surface area contributed by atoms with E-state index in [0.717, 1.165) is 5.39 Å². The molecule has 0 fully saturated rings. The number of aromatic nitrogens is 1. The van der Waals surface area contributed by atoms with Crippen molar-refractivity contribution in [2.24, 2.45) is 0 Å². The number of nitrogens with zero attached hydrogens (tertiary/aromatic N) is 1. The number of para-hydroxylation sites is 1. The van der Waals surface area contributed by atoms with Gasteiger partial charge >= 0.3 is 0 Å². The molecule has 1 N–H and O–H groups in total. The summed E-state index contributed by atoms with van der Waals surface area (Å²) in [4.78, 5) is 17.3. The third-order valence-electron chi connectivity index (χ3n) is 5.63. The normalized spacial score (nSPS) is 10.6. The Labute approximate surface area is 212 Å². The van der Waals surface area contributed by atoms with Gasteiger partial charge in [-0.1, -0.05) is 37.4 Å². The van der Waals surface area contributed by atoms with Crippen molar-refractivity contribution >= 4 is 33.3 Å². The Morgan fingerprint density at radius 3 is 2.41 bits per heavy atom. The van der Waals surface area contributed by atoms with Gasteiger partial charge in [0.25, 0.3) is 5.91 Å². The fraction of sp³-hybridized carbons (Fsp3) is 0. The molecule has 1 amide bonds. The van der Waals surface area contributed by atoms with Crippen molar-refractivity contribution in [3.63, 3.8) is 0 Å². The third kappa shape index (κ3) is 4.83. The molecule has 0 aliphatic rings. The molecule has 0 spiro atoms. The second-order valence-corrected chi connectivity index (χ2v) is 7.92. The van der Waals surface area contributed by atoms with Gasteiger partial charge in [0.05, 0.1) is 23.7 Å². The zero-order valence-corrected chi connectivity index (χ0v) is 19.6. The van der Waals surface area contributed by atoms with Crippen molar-refractivity contribution < 1.29 is 23.4 Å². The predicted molar refractivity (Wildman–Crippen MR) is 142 cm³/mol. The van der Waals surface area contributed by atoms with Crippen molar-refractivity contribution in [2.75, 3.05) is 5.32 Å². The van der Waals surface area contributed by atoms with Gasteiger partial charge in [0.2, 0.25) is 0 Å². The molecule has 0 saturated heterocycles. The number of hydrogen-bond donors (Lipinski definition) is 1. The maximum Gasteiger partial charge on any atom is 0.256 e. The molecular formula is C30H21FN2O4. The van der Waals surface area contributed by atoms with E-state index in [4.69, 9.17) is 14.2 Å². The molecule has 1 heterocycles. The van der Waals surface area contributed by atoms with Crippen molar-refractivity contribution in [3.05, 3.63) is 122 Å². The number of carbonyl (C=O) groups is 1. The van der Waals surface area contributed by atoms with Crippen LogP contribution in [0.4, 0.5) is 10.1 Å². The summed E-state index contributed by atoms with van der Waals surface area (Å²) in [6.45, 7) is 7.19. The Morgan fingerprint density at radius 1 is 0.838 bits per heavy atom. The van der Waals surface area contributed by atoms with E-state index in [0.29, 0.717) is 44.9 Å². The predicted octanol–water partition coefficient (Wildman–Crippen LogP) is 7.62. The fourth-order valence-corrected chi connectivity index (χ4v) is 3.98. The number of anilines is 1. The third-order valence-corrected chi connectivity index (χ3v) is 5.63. The lowest BCUT2D eigenvalue weighted by atomic mass is 10.0. The molecule has 0 atom stereocenters. The standard InChI is InChI=1S/C30H21FN2O4/c1-3-35-28-17-23-26(18-29(28)36-4-2)32-15-14-27(23)37-20-12-13-21-19(16-20)8-7-9-22(21)30(34)33-25-11-6-5-10-24(25)31/h3-18H,1-2H2,(H,33,34). The van der Waals surface area contributed by atoms with Gasteiger partial charge in [-0.25, -0.2) is 4.39 Å². The van der Waals surface area contributed by atoms with Gasteiger partial charge in [0.1, 0.15) is 17.3 Å². The van der Waals surface area contributed by atoms with Crippen LogP contribution in [0.25, 0.3) is 21.7 Å². The molecule has 7 heteroatoms. The van der Waals surface area contributed by atoms with E-state index in [1.807, 2.05) is 12.1 Å². The molecule has 6 nitrogen and oxygen atoms in total. The first-order valence-electron chi connectivity index (χ1n) is 11.3. The number of halogens is 1. The summed E-state index contributed by atoms with van der Waals surface area (Å²) in [7, 11) is 0. The SMILES string of the molecule is C=COc1cc2nccc(Oc3ccc4c(C(=O)Nc5ccccc5F)cccc4c3)c2cc1OC=C. The van der Waals surface area contributed by atoms with Gasteiger partial charge in [0.15, 0.2) is 11.5 Å². The van der Waals surface area contributed by atoms with Crippen LogP contribution in [0.3, 0.4) is 0 Å². The molecule has 0 aliphatic heterocycles. The van der Waals surface area contributed by atoms with Gasteiger partial charge in [-0.05, 0) is 59.3 Å².